The molecule has 0 bridgehead atoms. The van der Waals surface area contributed by atoms with E-state index in [1.54, 1.807) is 4.90 Å². The van der Waals surface area contributed by atoms with Crippen LogP contribution in [-0.2, 0) is 19.6 Å². The first-order valence-electron chi connectivity index (χ1n) is 7.17. The molecule has 0 saturated carbocycles. The maximum atomic E-state index is 11.9. The van der Waals surface area contributed by atoms with Crippen molar-refractivity contribution in [3.8, 4) is 0 Å². The number of nitrogens with zero attached hydrogens (tertiary/aromatic N) is 1. The molecule has 1 heterocycles. The number of anilines is 1. The fourth-order valence-electron chi connectivity index (χ4n) is 2.10. The number of sulfonamides is 1. The van der Waals surface area contributed by atoms with E-state index in [0.717, 1.165) is 0 Å². The third-order valence-corrected chi connectivity index (χ3v) is 5.70. The van der Waals surface area contributed by atoms with E-state index in [4.69, 9.17) is 17.4 Å². The number of thiocarbonyl (C=S) groups is 1. The van der Waals surface area contributed by atoms with Gasteiger partial charge in [0.2, 0.25) is 21.8 Å². The first-order valence-corrected chi connectivity index (χ1v) is 10.1. The van der Waals surface area contributed by atoms with Crippen LogP contribution < -0.4 is 10.5 Å². The zero-order valence-electron chi connectivity index (χ0n) is 12.7. The molecule has 0 atom stereocenters. The number of nitrogens with two attached hydrogens (primary N) is 1. The largest absolute Gasteiger partial charge is 0.326 e. The number of primary sulfonamides is 1. The van der Waals surface area contributed by atoms with E-state index >= 15 is 0 Å². The van der Waals surface area contributed by atoms with Crippen LogP contribution in [0, 0.1) is 0 Å². The molecule has 0 aliphatic carbocycles. The molecule has 0 aromatic heterocycles. The van der Waals surface area contributed by atoms with Gasteiger partial charge >= 0.3 is 0 Å². The highest BCUT2D eigenvalue weighted by molar-refractivity contribution is 8.23. The number of amides is 2. The molecule has 0 spiro atoms. The molecule has 2 amide bonds. The van der Waals surface area contributed by atoms with Gasteiger partial charge in [0.25, 0.3) is 0 Å². The molecule has 0 radical (unpaired) electrons. The summed E-state index contributed by atoms with van der Waals surface area (Å²) in [5.74, 6) is 0.237. The Morgan fingerprint density at radius 3 is 2.50 bits per heavy atom. The highest BCUT2D eigenvalue weighted by atomic mass is 32.2. The van der Waals surface area contributed by atoms with Gasteiger partial charge in [0.05, 0.1) is 10.6 Å². The van der Waals surface area contributed by atoms with E-state index in [2.05, 4.69) is 5.32 Å². The maximum Gasteiger partial charge on any atom is 0.238 e. The van der Waals surface area contributed by atoms with Gasteiger partial charge in [0.1, 0.15) is 4.32 Å². The fourth-order valence-corrected chi connectivity index (χ4v) is 3.74. The zero-order chi connectivity index (χ0) is 17.7. The van der Waals surface area contributed by atoms with E-state index in [0.29, 0.717) is 41.6 Å². The maximum absolute atomic E-state index is 11.9. The van der Waals surface area contributed by atoms with Crippen molar-refractivity contribution in [2.24, 2.45) is 5.14 Å². The van der Waals surface area contributed by atoms with Crippen molar-refractivity contribution < 1.29 is 18.0 Å². The first-order chi connectivity index (χ1) is 11.3. The molecular weight excluding hydrogens is 370 g/mol. The van der Waals surface area contributed by atoms with Crippen LogP contribution in [0.5, 0.6) is 0 Å². The Hall–Kier alpha value is -1.49. The SMILES string of the molecule is NS(=O)(=O)c1ccc(NC(=O)CCCCN2C(=O)CSC2=S)cc1. The molecular formula is C14H17N3O4S3. The van der Waals surface area contributed by atoms with Crippen LogP contribution in [0.4, 0.5) is 5.69 Å². The lowest BCUT2D eigenvalue weighted by Crippen LogP contribution is -2.29. The molecule has 1 saturated heterocycles. The van der Waals surface area contributed by atoms with Gasteiger partial charge in [-0.2, -0.15) is 0 Å². The van der Waals surface area contributed by atoms with Gasteiger partial charge in [-0.1, -0.05) is 24.0 Å². The third kappa shape index (κ3) is 5.26. The summed E-state index contributed by atoms with van der Waals surface area (Å²) in [5.41, 5.74) is 0.500. The van der Waals surface area contributed by atoms with Crippen molar-refractivity contribution in [1.82, 2.24) is 4.90 Å². The monoisotopic (exact) mass is 387 g/mol. The molecule has 1 aliphatic rings. The van der Waals surface area contributed by atoms with E-state index in [-0.39, 0.29) is 16.7 Å². The lowest BCUT2D eigenvalue weighted by Gasteiger charge is -2.14. The standard InChI is InChI=1S/C14H17N3O4S3/c15-24(20,21)11-6-4-10(5-7-11)16-12(18)3-1-2-8-17-13(19)9-23-14(17)22/h4-7H,1-3,8-9H2,(H,16,18)(H2,15,20,21). The van der Waals surface area contributed by atoms with Crippen LogP contribution in [0.25, 0.3) is 0 Å². The second-order valence-electron chi connectivity index (χ2n) is 5.17. The van der Waals surface area contributed by atoms with Crippen molar-refractivity contribution in [3.05, 3.63) is 24.3 Å². The number of carbonyl (C=O) groups is 2. The normalized spacial score (nSPS) is 15.0. The second-order valence-corrected chi connectivity index (χ2v) is 8.35. The van der Waals surface area contributed by atoms with Gasteiger partial charge in [-0.3, -0.25) is 14.5 Å². The summed E-state index contributed by atoms with van der Waals surface area (Å²) in [6.07, 6.45) is 1.61. The van der Waals surface area contributed by atoms with E-state index < -0.39 is 10.0 Å². The highest BCUT2D eigenvalue weighted by Gasteiger charge is 2.25. The predicted molar refractivity (Wildman–Crippen MR) is 97.1 cm³/mol. The number of rotatable bonds is 7. The number of hydrogen-bond acceptors (Lipinski definition) is 6. The summed E-state index contributed by atoms with van der Waals surface area (Å²) in [7, 11) is -3.74. The van der Waals surface area contributed by atoms with Crippen LogP contribution in [0.15, 0.2) is 29.2 Å². The molecule has 1 fully saturated rings. The zero-order valence-corrected chi connectivity index (χ0v) is 15.2. The molecule has 1 aromatic rings. The molecule has 1 aromatic carbocycles. The van der Waals surface area contributed by atoms with Gasteiger partial charge in [-0.25, -0.2) is 13.6 Å². The summed E-state index contributed by atoms with van der Waals surface area (Å²) >= 11 is 6.44. The van der Waals surface area contributed by atoms with Crippen LogP contribution in [0.1, 0.15) is 19.3 Å². The summed E-state index contributed by atoms with van der Waals surface area (Å²) in [6.45, 7) is 0.529. The minimum Gasteiger partial charge on any atom is -0.326 e. The van der Waals surface area contributed by atoms with Crippen LogP contribution in [-0.4, -0.2) is 41.8 Å². The minimum absolute atomic E-state index is 0.00961. The van der Waals surface area contributed by atoms with Crippen molar-refractivity contribution >= 4 is 55.8 Å². The topological polar surface area (TPSA) is 110 Å². The van der Waals surface area contributed by atoms with Gasteiger partial charge < -0.3 is 5.32 Å². The molecule has 1 aliphatic heterocycles. The third-order valence-electron chi connectivity index (χ3n) is 3.34. The molecule has 130 valence electrons. The summed E-state index contributed by atoms with van der Waals surface area (Å²) in [4.78, 5) is 25.0. The Kier molecular flexibility index (Phi) is 6.33. The average molecular weight is 388 g/mol. The molecule has 0 unspecified atom stereocenters. The van der Waals surface area contributed by atoms with Crippen molar-refractivity contribution in [2.75, 3.05) is 17.6 Å². The number of thioether (sulfide) groups is 1. The lowest BCUT2D eigenvalue weighted by molar-refractivity contribution is -0.124. The van der Waals surface area contributed by atoms with Crippen molar-refractivity contribution in [3.63, 3.8) is 0 Å². The van der Waals surface area contributed by atoms with Crippen LogP contribution in [0.2, 0.25) is 0 Å². The van der Waals surface area contributed by atoms with Crippen molar-refractivity contribution in [1.29, 1.82) is 0 Å². The smallest absolute Gasteiger partial charge is 0.238 e. The summed E-state index contributed by atoms with van der Waals surface area (Å²) < 4.78 is 22.9. The first kappa shape index (κ1) is 18.8. The minimum atomic E-state index is -3.74. The summed E-state index contributed by atoms with van der Waals surface area (Å²) in [6, 6.07) is 5.64. The van der Waals surface area contributed by atoms with Crippen molar-refractivity contribution in [2.45, 2.75) is 24.2 Å². The number of carbonyl (C=O) groups excluding carboxylic acids is 2. The molecule has 10 heteroatoms. The van der Waals surface area contributed by atoms with Crippen LogP contribution in [0.3, 0.4) is 0 Å². The number of unbranched alkanes of at least 4 members (excludes halogenated alkanes) is 1. The summed E-state index contributed by atoms with van der Waals surface area (Å²) in [5, 5.41) is 7.69. The Balaban J connectivity index is 1.73. The van der Waals surface area contributed by atoms with Gasteiger partial charge in [0.15, 0.2) is 0 Å². The Bertz CT molecular complexity index is 731. The number of benzene rings is 1. The van der Waals surface area contributed by atoms with Crippen LogP contribution >= 0.6 is 24.0 Å². The fraction of sp³-hybridized carbons (Fsp3) is 0.357. The van der Waals surface area contributed by atoms with Gasteiger partial charge in [-0.05, 0) is 37.1 Å². The highest BCUT2D eigenvalue weighted by Crippen LogP contribution is 2.20. The second kappa shape index (κ2) is 8.06. The van der Waals surface area contributed by atoms with E-state index in [9.17, 15) is 18.0 Å². The Morgan fingerprint density at radius 1 is 1.29 bits per heavy atom. The van der Waals surface area contributed by atoms with Gasteiger partial charge in [-0.15, -0.1) is 0 Å². The number of hydrogen-bond donors (Lipinski definition) is 2. The Labute approximate surface area is 150 Å². The van der Waals surface area contributed by atoms with E-state index in [1.165, 1.54) is 36.0 Å². The molecule has 7 nitrogen and oxygen atoms in total. The van der Waals surface area contributed by atoms with Gasteiger partial charge in [0, 0.05) is 18.7 Å². The average Bonchev–Trinajstić information content (AvgIpc) is 2.82. The van der Waals surface area contributed by atoms with E-state index in [1.807, 2.05) is 0 Å². The number of nitrogens with one attached hydrogen (secondary N) is 1. The predicted octanol–water partition coefficient (Wildman–Crippen LogP) is 1.30. The molecule has 24 heavy (non-hydrogen) atoms. The quantitative estimate of drug-likeness (QED) is 0.539. The lowest BCUT2D eigenvalue weighted by atomic mass is 10.2. The molecule has 3 N–H and O–H groups in total. The Morgan fingerprint density at radius 2 is 1.96 bits per heavy atom. The molecule has 2 rings (SSSR count).